The van der Waals surface area contributed by atoms with Crippen molar-refractivity contribution >= 4 is 15.9 Å². The Bertz CT molecular complexity index is 397. The highest BCUT2D eigenvalue weighted by molar-refractivity contribution is 7.89. The lowest BCUT2D eigenvalue weighted by Gasteiger charge is -2.29. The van der Waals surface area contributed by atoms with Crippen LogP contribution in [0.1, 0.15) is 46.0 Å². The molecule has 0 aliphatic heterocycles. The van der Waals surface area contributed by atoms with E-state index in [1.165, 1.54) is 6.92 Å². The molecule has 1 amide bonds. The van der Waals surface area contributed by atoms with Crippen LogP contribution in [0, 0.1) is 0 Å². The molecule has 6 nitrogen and oxygen atoms in total. The second-order valence-corrected chi connectivity index (χ2v) is 7.00. The molecule has 0 aromatic rings. The standard InChI is InChI=1S/C12H24N2O4S/c1-3-8-19(17,18)14-9(2)12(16)13-10-6-4-5-7-11(10)15/h9-11,14-15H,3-8H2,1-2H3,(H,13,16)/t9?,10-,11-/m1/s1. The molecule has 0 heterocycles. The molecule has 1 aliphatic rings. The summed E-state index contributed by atoms with van der Waals surface area (Å²) < 4.78 is 25.5. The van der Waals surface area contributed by atoms with E-state index in [1.807, 2.05) is 0 Å². The van der Waals surface area contributed by atoms with Crippen molar-refractivity contribution in [3.63, 3.8) is 0 Å². The summed E-state index contributed by atoms with van der Waals surface area (Å²) in [6, 6.07) is -1.08. The Morgan fingerprint density at radius 3 is 2.58 bits per heavy atom. The van der Waals surface area contributed by atoms with E-state index in [9.17, 15) is 18.3 Å². The molecule has 0 bridgehead atoms. The van der Waals surface area contributed by atoms with Gasteiger partial charge in [0.05, 0.1) is 23.9 Å². The van der Waals surface area contributed by atoms with Gasteiger partial charge in [0, 0.05) is 0 Å². The Hall–Kier alpha value is -0.660. The Labute approximate surface area is 115 Å². The summed E-state index contributed by atoms with van der Waals surface area (Å²) in [5, 5.41) is 12.5. The first-order chi connectivity index (χ1) is 8.85. The van der Waals surface area contributed by atoms with Gasteiger partial charge >= 0.3 is 0 Å². The summed E-state index contributed by atoms with van der Waals surface area (Å²) in [5.74, 6) is -0.373. The zero-order valence-electron chi connectivity index (χ0n) is 11.6. The molecule has 1 rings (SSSR count). The van der Waals surface area contributed by atoms with Crippen molar-refractivity contribution in [1.29, 1.82) is 0 Å². The summed E-state index contributed by atoms with van der Waals surface area (Å²) in [4.78, 5) is 11.9. The van der Waals surface area contributed by atoms with Crippen molar-refractivity contribution in [1.82, 2.24) is 10.0 Å². The number of hydrogen-bond donors (Lipinski definition) is 3. The lowest BCUT2D eigenvalue weighted by Crippen LogP contribution is -2.52. The summed E-state index contributed by atoms with van der Waals surface area (Å²) in [5.41, 5.74) is 0. The molecule has 3 atom stereocenters. The van der Waals surface area contributed by atoms with Crippen molar-refractivity contribution < 1.29 is 18.3 Å². The average Bonchev–Trinajstić information content (AvgIpc) is 2.31. The number of rotatable bonds is 6. The summed E-state index contributed by atoms with van der Waals surface area (Å²) in [6.07, 6.45) is 3.33. The minimum atomic E-state index is -3.40. The van der Waals surface area contributed by atoms with E-state index in [-0.39, 0.29) is 17.7 Å². The molecule has 7 heteroatoms. The van der Waals surface area contributed by atoms with Crippen molar-refractivity contribution in [2.24, 2.45) is 0 Å². The summed E-state index contributed by atoms with van der Waals surface area (Å²) >= 11 is 0. The van der Waals surface area contributed by atoms with Crippen molar-refractivity contribution in [3.05, 3.63) is 0 Å². The van der Waals surface area contributed by atoms with E-state index in [2.05, 4.69) is 10.0 Å². The SMILES string of the molecule is CCCS(=O)(=O)NC(C)C(=O)N[C@@H]1CCCC[C@H]1O. The van der Waals surface area contributed by atoms with Gasteiger partial charge in [-0.1, -0.05) is 19.8 Å². The lowest BCUT2D eigenvalue weighted by atomic mass is 9.92. The molecule has 0 saturated heterocycles. The molecule has 1 unspecified atom stereocenters. The van der Waals surface area contributed by atoms with Crippen LogP contribution in [-0.4, -0.2) is 43.4 Å². The second-order valence-electron chi connectivity index (χ2n) is 5.13. The van der Waals surface area contributed by atoms with E-state index in [0.717, 1.165) is 19.3 Å². The monoisotopic (exact) mass is 292 g/mol. The molecule has 3 N–H and O–H groups in total. The fourth-order valence-corrected chi connectivity index (χ4v) is 3.54. The fraction of sp³-hybridized carbons (Fsp3) is 0.917. The normalized spacial score (nSPS) is 25.8. The number of amides is 1. The van der Waals surface area contributed by atoms with Gasteiger partial charge in [0.15, 0.2) is 0 Å². The summed E-state index contributed by atoms with van der Waals surface area (Å²) in [7, 11) is -3.40. The van der Waals surface area contributed by atoms with Gasteiger partial charge in [-0.2, -0.15) is 0 Å². The molecule has 112 valence electrons. The molecule has 1 aliphatic carbocycles. The molecule has 1 saturated carbocycles. The average molecular weight is 292 g/mol. The quantitative estimate of drug-likeness (QED) is 0.648. The number of aliphatic hydroxyl groups is 1. The maximum atomic E-state index is 11.9. The molecule has 0 aromatic carbocycles. The molecule has 19 heavy (non-hydrogen) atoms. The first-order valence-electron chi connectivity index (χ1n) is 6.84. The minimum Gasteiger partial charge on any atom is -0.391 e. The molecular formula is C12H24N2O4S. The highest BCUT2D eigenvalue weighted by atomic mass is 32.2. The number of carbonyl (C=O) groups is 1. The first-order valence-corrected chi connectivity index (χ1v) is 8.49. The van der Waals surface area contributed by atoms with Crippen LogP contribution in [0.25, 0.3) is 0 Å². The Morgan fingerprint density at radius 1 is 1.37 bits per heavy atom. The molecule has 0 aromatic heterocycles. The van der Waals surface area contributed by atoms with Gasteiger partial charge in [0.2, 0.25) is 15.9 Å². The predicted molar refractivity (Wildman–Crippen MR) is 73.1 cm³/mol. The van der Waals surface area contributed by atoms with Crippen LogP contribution in [0.5, 0.6) is 0 Å². The topological polar surface area (TPSA) is 95.5 Å². The van der Waals surface area contributed by atoms with Gasteiger partial charge in [0.25, 0.3) is 0 Å². The molecular weight excluding hydrogens is 268 g/mol. The number of sulfonamides is 1. The van der Waals surface area contributed by atoms with Crippen LogP contribution >= 0.6 is 0 Å². The summed E-state index contributed by atoms with van der Waals surface area (Å²) in [6.45, 7) is 3.28. The third-order valence-electron chi connectivity index (χ3n) is 3.28. The van der Waals surface area contributed by atoms with Gasteiger partial charge in [-0.05, 0) is 26.2 Å². The van der Waals surface area contributed by atoms with Crippen LogP contribution in [0.3, 0.4) is 0 Å². The van der Waals surface area contributed by atoms with E-state index in [4.69, 9.17) is 0 Å². The second kappa shape index (κ2) is 7.21. The zero-order chi connectivity index (χ0) is 14.5. The lowest BCUT2D eigenvalue weighted by molar-refractivity contribution is -0.124. The molecule has 0 spiro atoms. The van der Waals surface area contributed by atoms with E-state index < -0.39 is 22.2 Å². The van der Waals surface area contributed by atoms with Crippen LogP contribution in [0.4, 0.5) is 0 Å². The Kier molecular flexibility index (Phi) is 6.22. The number of nitrogens with one attached hydrogen (secondary N) is 2. The third-order valence-corrected chi connectivity index (χ3v) is 4.94. The number of aliphatic hydroxyl groups excluding tert-OH is 1. The van der Waals surface area contributed by atoms with Gasteiger partial charge < -0.3 is 10.4 Å². The van der Waals surface area contributed by atoms with Crippen LogP contribution in [-0.2, 0) is 14.8 Å². The van der Waals surface area contributed by atoms with Gasteiger partial charge in [-0.25, -0.2) is 13.1 Å². The third kappa shape index (κ3) is 5.46. The van der Waals surface area contributed by atoms with Gasteiger partial charge in [0.1, 0.15) is 0 Å². The molecule has 0 radical (unpaired) electrons. The Morgan fingerprint density at radius 2 is 2.00 bits per heavy atom. The van der Waals surface area contributed by atoms with Gasteiger partial charge in [-0.15, -0.1) is 0 Å². The van der Waals surface area contributed by atoms with Crippen molar-refractivity contribution in [2.45, 2.75) is 64.1 Å². The van der Waals surface area contributed by atoms with E-state index in [1.54, 1.807) is 6.92 Å². The van der Waals surface area contributed by atoms with Crippen LogP contribution in [0.15, 0.2) is 0 Å². The molecule has 1 fully saturated rings. The highest BCUT2D eigenvalue weighted by Gasteiger charge is 2.27. The maximum absolute atomic E-state index is 11.9. The van der Waals surface area contributed by atoms with Crippen molar-refractivity contribution in [3.8, 4) is 0 Å². The zero-order valence-corrected chi connectivity index (χ0v) is 12.4. The first kappa shape index (κ1) is 16.4. The van der Waals surface area contributed by atoms with Crippen LogP contribution in [0.2, 0.25) is 0 Å². The maximum Gasteiger partial charge on any atom is 0.238 e. The Balaban J connectivity index is 2.48. The minimum absolute atomic E-state index is 0.0106. The predicted octanol–water partition coefficient (Wildman–Crippen LogP) is 0.124. The largest absolute Gasteiger partial charge is 0.391 e. The van der Waals surface area contributed by atoms with Crippen LogP contribution < -0.4 is 10.0 Å². The fourth-order valence-electron chi connectivity index (χ4n) is 2.24. The number of carbonyl (C=O) groups excluding carboxylic acids is 1. The van der Waals surface area contributed by atoms with Gasteiger partial charge in [-0.3, -0.25) is 4.79 Å². The highest BCUT2D eigenvalue weighted by Crippen LogP contribution is 2.18. The van der Waals surface area contributed by atoms with E-state index in [0.29, 0.717) is 12.8 Å². The number of hydrogen-bond acceptors (Lipinski definition) is 4. The van der Waals surface area contributed by atoms with Crippen molar-refractivity contribution in [2.75, 3.05) is 5.75 Å². The smallest absolute Gasteiger partial charge is 0.238 e. The van der Waals surface area contributed by atoms with E-state index >= 15 is 0 Å².